The van der Waals surface area contributed by atoms with Gasteiger partial charge in [0.2, 0.25) is 10.0 Å². The topological polar surface area (TPSA) is 46.6 Å². The van der Waals surface area contributed by atoms with E-state index in [0.717, 1.165) is 18.4 Å². The number of sulfonamides is 1. The van der Waals surface area contributed by atoms with E-state index in [1.807, 2.05) is 26.0 Å². The van der Waals surface area contributed by atoms with E-state index in [1.54, 1.807) is 16.4 Å². The highest BCUT2D eigenvalue weighted by molar-refractivity contribution is 7.89. The Morgan fingerprint density at radius 3 is 2.53 bits per heavy atom. The minimum atomic E-state index is -3.37. The van der Waals surface area contributed by atoms with Gasteiger partial charge < -0.3 is 4.74 Å². The van der Waals surface area contributed by atoms with Crippen LogP contribution in [0.3, 0.4) is 0 Å². The summed E-state index contributed by atoms with van der Waals surface area (Å²) in [6, 6.07) is 7.18. The molecule has 0 unspecified atom stereocenters. The minimum Gasteiger partial charge on any atom is -0.374 e. The average Bonchev–Trinajstić information content (AvgIpc) is 2.85. The van der Waals surface area contributed by atoms with Crippen molar-refractivity contribution >= 4 is 10.0 Å². The fourth-order valence-electron chi connectivity index (χ4n) is 3.14. The van der Waals surface area contributed by atoms with E-state index in [2.05, 4.69) is 0 Å². The van der Waals surface area contributed by atoms with Crippen LogP contribution in [-0.2, 0) is 14.8 Å². The largest absolute Gasteiger partial charge is 0.374 e. The highest BCUT2D eigenvalue weighted by Gasteiger charge is 2.59. The Balaban J connectivity index is 1.85. The normalized spacial score (nSPS) is 30.3. The molecule has 1 aliphatic carbocycles. The van der Waals surface area contributed by atoms with Gasteiger partial charge in [0.1, 0.15) is 0 Å². The van der Waals surface area contributed by atoms with Crippen LogP contribution >= 0.6 is 0 Å². The van der Waals surface area contributed by atoms with E-state index in [1.165, 1.54) is 0 Å². The van der Waals surface area contributed by atoms with Crippen molar-refractivity contribution in [3.63, 3.8) is 0 Å². The van der Waals surface area contributed by atoms with E-state index in [0.29, 0.717) is 18.0 Å². The summed E-state index contributed by atoms with van der Waals surface area (Å²) >= 11 is 0. The van der Waals surface area contributed by atoms with Gasteiger partial charge in [0.05, 0.1) is 10.5 Å². The molecule has 0 N–H and O–H groups in total. The Bertz CT molecular complexity index is 573. The smallest absolute Gasteiger partial charge is 0.243 e. The van der Waals surface area contributed by atoms with Crippen LogP contribution in [0.5, 0.6) is 0 Å². The van der Waals surface area contributed by atoms with Crippen molar-refractivity contribution in [2.24, 2.45) is 0 Å². The number of nitrogens with zero attached hydrogens (tertiary/aromatic N) is 1. The second kappa shape index (κ2) is 4.30. The summed E-state index contributed by atoms with van der Waals surface area (Å²) in [7, 11) is -3.37. The van der Waals surface area contributed by atoms with E-state index in [4.69, 9.17) is 4.74 Å². The molecule has 1 aromatic carbocycles. The summed E-state index contributed by atoms with van der Waals surface area (Å²) in [4.78, 5) is 0.386. The minimum absolute atomic E-state index is 0.123. The lowest BCUT2D eigenvalue weighted by molar-refractivity contribution is -0.0622. The van der Waals surface area contributed by atoms with E-state index >= 15 is 0 Å². The summed E-state index contributed by atoms with van der Waals surface area (Å²) < 4.78 is 32.5. The number of aryl methyl sites for hydroxylation is 1. The van der Waals surface area contributed by atoms with Crippen LogP contribution in [0.15, 0.2) is 29.2 Å². The molecule has 0 radical (unpaired) electrons. The lowest BCUT2D eigenvalue weighted by Crippen LogP contribution is -2.43. The number of rotatable bonds is 4. The molecule has 3 fully saturated rings. The summed E-state index contributed by atoms with van der Waals surface area (Å²) in [5.41, 5.74) is 0.854. The molecule has 4 rings (SSSR count). The van der Waals surface area contributed by atoms with Gasteiger partial charge in [-0.15, -0.1) is 0 Å². The molecule has 1 aromatic rings. The lowest BCUT2D eigenvalue weighted by Gasteiger charge is -2.36. The van der Waals surface area contributed by atoms with Gasteiger partial charge in [0.15, 0.2) is 0 Å². The van der Waals surface area contributed by atoms with E-state index < -0.39 is 10.0 Å². The van der Waals surface area contributed by atoms with Gasteiger partial charge in [0, 0.05) is 19.2 Å². The molecule has 5 heteroatoms. The van der Waals surface area contributed by atoms with Gasteiger partial charge in [-0.05, 0) is 38.8 Å². The SMILES string of the molecule is CCOC12CC(C1)N(S(=O)(=O)c1ccc(C)cc1)C2. The molecule has 19 heavy (non-hydrogen) atoms. The zero-order chi connectivity index (χ0) is 13.7. The van der Waals surface area contributed by atoms with Gasteiger partial charge in [-0.25, -0.2) is 8.42 Å². The van der Waals surface area contributed by atoms with Crippen LogP contribution in [0.25, 0.3) is 0 Å². The first kappa shape index (κ1) is 13.1. The van der Waals surface area contributed by atoms with Crippen LogP contribution in [-0.4, -0.2) is 37.5 Å². The maximum Gasteiger partial charge on any atom is 0.243 e. The van der Waals surface area contributed by atoms with E-state index in [-0.39, 0.29) is 11.6 Å². The molecule has 2 heterocycles. The second-order valence-corrected chi connectivity index (χ2v) is 7.43. The van der Waals surface area contributed by atoms with E-state index in [9.17, 15) is 8.42 Å². The number of hydrogen-bond donors (Lipinski definition) is 0. The van der Waals surface area contributed by atoms with Crippen LogP contribution < -0.4 is 0 Å². The number of ether oxygens (including phenoxy) is 1. The predicted molar refractivity (Wildman–Crippen MR) is 72.4 cm³/mol. The van der Waals surface area contributed by atoms with Gasteiger partial charge in [-0.1, -0.05) is 17.7 Å². The second-order valence-electron chi connectivity index (χ2n) is 5.54. The van der Waals surface area contributed by atoms with Crippen LogP contribution in [0.2, 0.25) is 0 Å². The van der Waals surface area contributed by atoms with Crippen molar-refractivity contribution in [2.75, 3.05) is 13.2 Å². The lowest BCUT2D eigenvalue weighted by atomic mass is 9.81. The zero-order valence-corrected chi connectivity index (χ0v) is 12.1. The molecule has 0 aromatic heterocycles. The van der Waals surface area contributed by atoms with Crippen molar-refractivity contribution in [1.29, 1.82) is 0 Å². The average molecular weight is 281 g/mol. The maximum atomic E-state index is 12.6. The number of fused-ring (bicyclic) bond motifs is 1. The van der Waals surface area contributed by atoms with Gasteiger partial charge in [0.25, 0.3) is 0 Å². The maximum absolute atomic E-state index is 12.6. The van der Waals surface area contributed by atoms with Gasteiger partial charge >= 0.3 is 0 Å². The van der Waals surface area contributed by atoms with Crippen LogP contribution in [0.4, 0.5) is 0 Å². The highest BCUT2D eigenvalue weighted by Crippen LogP contribution is 2.49. The molecule has 0 amide bonds. The Kier molecular flexibility index (Phi) is 2.96. The van der Waals surface area contributed by atoms with Crippen molar-refractivity contribution in [1.82, 2.24) is 4.31 Å². The van der Waals surface area contributed by atoms with Crippen molar-refractivity contribution in [2.45, 2.75) is 43.2 Å². The Morgan fingerprint density at radius 2 is 1.95 bits per heavy atom. The fourth-order valence-corrected chi connectivity index (χ4v) is 4.84. The molecular weight excluding hydrogens is 262 g/mol. The molecule has 2 aliphatic heterocycles. The number of hydrogen-bond acceptors (Lipinski definition) is 3. The first-order valence-corrected chi connectivity index (χ1v) is 8.13. The summed E-state index contributed by atoms with van der Waals surface area (Å²) in [6.07, 6.45) is 1.68. The highest BCUT2D eigenvalue weighted by atomic mass is 32.2. The summed E-state index contributed by atoms with van der Waals surface area (Å²) in [5.74, 6) is 0. The molecule has 3 aliphatic rings. The standard InChI is InChI=1S/C14H19NO3S/c1-3-18-14-8-12(9-14)15(10-14)19(16,17)13-6-4-11(2)5-7-13/h4-7,12H,3,8-10H2,1-2H3. The number of benzene rings is 1. The molecule has 4 nitrogen and oxygen atoms in total. The van der Waals surface area contributed by atoms with Gasteiger partial charge in [-0.3, -0.25) is 0 Å². The monoisotopic (exact) mass is 281 g/mol. The summed E-state index contributed by atoms with van der Waals surface area (Å²) in [5, 5.41) is 0. The third-order valence-electron chi connectivity index (χ3n) is 4.14. The first-order valence-electron chi connectivity index (χ1n) is 6.69. The third kappa shape index (κ3) is 2.00. The molecule has 2 saturated heterocycles. The summed E-state index contributed by atoms with van der Waals surface area (Å²) in [6.45, 7) is 5.05. The first-order chi connectivity index (χ1) is 8.97. The molecule has 104 valence electrons. The molecular formula is C14H19NO3S. The van der Waals surface area contributed by atoms with Crippen LogP contribution in [0, 0.1) is 6.92 Å². The Morgan fingerprint density at radius 1 is 1.32 bits per heavy atom. The molecule has 0 atom stereocenters. The quantitative estimate of drug-likeness (QED) is 0.847. The fraction of sp³-hybridized carbons (Fsp3) is 0.571. The Labute approximate surface area is 114 Å². The van der Waals surface area contributed by atoms with Crippen molar-refractivity contribution < 1.29 is 13.2 Å². The van der Waals surface area contributed by atoms with Gasteiger partial charge in [-0.2, -0.15) is 4.31 Å². The molecule has 0 spiro atoms. The van der Waals surface area contributed by atoms with Crippen molar-refractivity contribution in [3.05, 3.63) is 29.8 Å². The molecule has 1 saturated carbocycles. The molecule has 2 bridgehead atoms. The third-order valence-corrected chi connectivity index (χ3v) is 6.06. The predicted octanol–water partition coefficient (Wildman–Crippen LogP) is 1.94. The van der Waals surface area contributed by atoms with Crippen molar-refractivity contribution in [3.8, 4) is 0 Å². The van der Waals surface area contributed by atoms with Crippen LogP contribution in [0.1, 0.15) is 25.3 Å². The zero-order valence-electron chi connectivity index (χ0n) is 11.3. The Hall–Kier alpha value is -0.910.